The second-order valence-electron chi connectivity index (χ2n) is 6.52. The Kier molecular flexibility index (Phi) is 6.50. The van der Waals surface area contributed by atoms with Gasteiger partial charge in [-0.1, -0.05) is 36.0 Å². The fraction of sp³-hybridized carbons (Fsp3) is 0.500. The number of aromatic nitrogens is 2. The molecule has 0 radical (unpaired) electrons. The number of oxime groups is 1. The Labute approximate surface area is 199 Å². The van der Waals surface area contributed by atoms with E-state index in [-0.39, 0.29) is 51.4 Å². The second-order valence-corrected chi connectivity index (χ2v) is 7.89. The molecule has 4 rings (SSSR count). The Balaban J connectivity index is 0.00000196. The van der Waals surface area contributed by atoms with Gasteiger partial charge in [0.2, 0.25) is 0 Å². The van der Waals surface area contributed by atoms with Gasteiger partial charge in [-0.15, -0.1) is 0 Å². The van der Waals surface area contributed by atoms with E-state index in [0.717, 1.165) is 24.2 Å². The van der Waals surface area contributed by atoms with Gasteiger partial charge in [-0.25, -0.2) is 4.98 Å². The maximum atomic E-state index is 10.7. The van der Waals surface area contributed by atoms with E-state index in [1.807, 2.05) is 0 Å². The van der Waals surface area contributed by atoms with Crippen molar-refractivity contribution in [1.82, 2.24) is 9.55 Å². The molecule has 1 aliphatic carbocycles. The third-order valence-corrected chi connectivity index (χ3v) is 5.53. The van der Waals surface area contributed by atoms with Crippen LogP contribution in [0.2, 0.25) is 5.02 Å². The van der Waals surface area contributed by atoms with E-state index >= 15 is 0 Å². The van der Waals surface area contributed by atoms with Gasteiger partial charge in [0.1, 0.15) is 11.3 Å². The third kappa shape index (κ3) is 4.05. The molecule has 7 nitrogen and oxygen atoms in total. The van der Waals surface area contributed by atoms with Gasteiger partial charge in [-0.05, 0) is 25.0 Å². The van der Waals surface area contributed by atoms with E-state index in [1.165, 1.54) is 19.3 Å². The molecule has 0 spiro atoms. The molecule has 0 unspecified atom stereocenters. The van der Waals surface area contributed by atoms with Crippen molar-refractivity contribution in [1.29, 1.82) is 0 Å². The van der Waals surface area contributed by atoms with Gasteiger partial charge in [0, 0.05) is 24.4 Å². The normalized spacial score (nSPS) is 19.5. The molecule has 2 aliphatic rings. The molecule has 0 amide bonds. The number of rotatable bonds is 3. The van der Waals surface area contributed by atoms with E-state index in [4.69, 9.17) is 16.6 Å². The number of hydrogen-bond donors (Lipinski definition) is 0. The topological polar surface area (TPSA) is 96.6 Å². The minimum atomic E-state index is -4.88. The van der Waals surface area contributed by atoms with Crippen LogP contribution in [0.4, 0.5) is 0 Å². The van der Waals surface area contributed by atoms with Crippen molar-refractivity contribution >= 4 is 38.7 Å². The molecular weight excluding hydrogens is 405 g/mol. The quantitative estimate of drug-likeness (QED) is 0.308. The zero-order valence-corrected chi connectivity index (χ0v) is 19.1. The average Bonchev–Trinajstić information content (AvgIpc) is 2.98. The largest absolute Gasteiger partial charge is 1.00 e. The molecule has 1 aliphatic heterocycles. The maximum absolute atomic E-state index is 10.7. The Morgan fingerprint density at radius 3 is 2.69 bits per heavy atom. The van der Waals surface area contributed by atoms with Crippen molar-refractivity contribution in [3.05, 3.63) is 28.5 Å². The molecule has 0 bridgehead atoms. The van der Waals surface area contributed by atoms with Gasteiger partial charge in [0.05, 0.1) is 16.3 Å². The summed E-state index contributed by atoms with van der Waals surface area (Å²) < 4.78 is 38.4. The van der Waals surface area contributed by atoms with Gasteiger partial charge >= 0.3 is 51.4 Å². The van der Waals surface area contributed by atoms with Crippen LogP contribution >= 0.6 is 11.6 Å². The van der Waals surface area contributed by atoms with Crippen molar-refractivity contribution in [3.63, 3.8) is 0 Å². The van der Waals surface area contributed by atoms with E-state index in [0.29, 0.717) is 40.7 Å². The summed E-state index contributed by atoms with van der Waals surface area (Å²) in [4.78, 5) is 4.81. The van der Waals surface area contributed by atoms with E-state index < -0.39 is 10.4 Å². The zero-order chi connectivity index (χ0) is 17.6. The molecule has 0 atom stereocenters. The molecule has 1 aromatic carbocycles. The van der Waals surface area contributed by atoms with E-state index in [1.54, 1.807) is 12.1 Å². The molecule has 26 heavy (non-hydrogen) atoms. The van der Waals surface area contributed by atoms with Crippen molar-refractivity contribution < 1.29 is 68.6 Å². The molecule has 2 heterocycles. The van der Waals surface area contributed by atoms with Crippen molar-refractivity contribution in [3.8, 4) is 0 Å². The number of benzene rings is 1. The summed E-state index contributed by atoms with van der Waals surface area (Å²) in [7, 11) is -4.88. The predicted octanol–water partition coefficient (Wildman–Crippen LogP) is 0.326. The molecule has 10 heteroatoms. The van der Waals surface area contributed by atoms with Gasteiger partial charge in [-0.3, -0.25) is 4.28 Å². The SMILES string of the molecule is O=S(=O)([O-])O/N=C1\CCn2c(C3CCCCC3)nc3c(Cl)ccc1c32.[K+]. The number of aryl methyl sites for hydroxylation is 1. The molecule has 0 saturated heterocycles. The average molecular weight is 422 g/mol. The number of halogens is 1. The van der Waals surface area contributed by atoms with Crippen LogP contribution in [0.25, 0.3) is 11.0 Å². The molecule has 0 N–H and O–H groups in total. The Bertz CT molecular complexity index is 968. The fourth-order valence-corrected chi connectivity index (χ4v) is 4.27. The molecule has 2 aromatic rings. The van der Waals surface area contributed by atoms with Crippen LogP contribution in [0.5, 0.6) is 0 Å². The van der Waals surface area contributed by atoms with E-state index in [9.17, 15) is 13.0 Å². The van der Waals surface area contributed by atoms with Crippen LogP contribution in [0, 0.1) is 0 Å². The molecule has 134 valence electrons. The van der Waals surface area contributed by atoms with E-state index in [2.05, 4.69) is 14.0 Å². The maximum Gasteiger partial charge on any atom is 1.00 e. The predicted molar refractivity (Wildman–Crippen MR) is 92.5 cm³/mol. The zero-order valence-electron chi connectivity index (χ0n) is 14.4. The summed E-state index contributed by atoms with van der Waals surface area (Å²) in [5.41, 5.74) is 2.66. The molecule has 1 fully saturated rings. The van der Waals surface area contributed by atoms with Gasteiger partial charge < -0.3 is 9.12 Å². The molecular formula is C16H17ClKN3O4S. The Morgan fingerprint density at radius 2 is 2.00 bits per heavy atom. The standard InChI is InChI=1S/C16H18ClN3O4S.K/c17-12-7-6-11-13(19-24-25(21,22)23)8-9-20-15(11)14(12)18-16(20)10-4-2-1-3-5-10;/h6-7,10H,1-5,8-9H2,(H,21,22,23);/q;+1/p-1/b19-13+;. The summed E-state index contributed by atoms with van der Waals surface area (Å²) in [6.45, 7) is 0.608. The second kappa shape index (κ2) is 8.16. The van der Waals surface area contributed by atoms with Gasteiger partial charge in [-0.2, -0.15) is 8.42 Å². The van der Waals surface area contributed by atoms with Crippen LogP contribution in [-0.4, -0.2) is 28.2 Å². The van der Waals surface area contributed by atoms with Crippen LogP contribution in [0.1, 0.15) is 55.8 Å². The smallest absolute Gasteiger partial charge is 0.714 e. The van der Waals surface area contributed by atoms with Gasteiger partial charge in [0.25, 0.3) is 10.4 Å². The summed E-state index contributed by atoms with van der Waals surface area (Å²) >= 11 is 6.34. The van der Waals surface area contributed by atoms with Crippen LogP contribution in [0.15, 0.2) is 17.3 Å². The molecule has 1 saturated carbocycles. The minimum Gasteiger partial charge on any atom is -0.714 e. The summed E-state index contributed by atoms with van der Waals surface area (Å²) in [5.74, 6) is 1.46. The minimum absolute atomic E-state index is 0. The number of nitrogens with zero attached hydrogens (tertiary/aromatic N) is 3. The Hall–Kier alpha value is -0.00364. The summed E-state index contributed by atoms with van der Waals surface area (Å²) in [6.07, 6.45) is 6.38. The van der Waals surface area contributed by atoms with Crippen molar-refractivity contribution in [2.75, 3.05) is 0 Å². The first-order valence-electron chi connectivity index (χ1n) is 8.34. The Morgan fingerprint density at radius 1 is 1.27 bits per heavy atom. The third-order valence-electron chi connectivity index (χ3n) is 4.97. The monoisotopic (exact) mass is 421 g/mol. The first kappa shape index (κ1) is 20.7. The molecule has 1 aromatic heterocycles. The van der Waals surface area contributed by atoms with Crippen LogP contribution in [0.3, 0.4) is 0 Å². The van der Waals surface area contributed by atoms with Crippen molar-refractivity contribution in [2.24, 2.45) is 5.16 Å². The van der Waals surface area contributed by atoms with Crippen LogP contribution in [-0.2, 0) is 21.2 Å². The summed E-state index contributed by atoms with van der Waals surface area (Å²) in [6, 6.07) is 3.49. The van der Waals surface area contributed by atoms with Gasteiger partial charge in [0.15, 0.2) is 0 Å². The number of hydrogen-bond acceptors (Lipinski definition) is 6. The summed E-state index contributed by atoms with van der Waals surface area (Å²) in [5, 5.41) is 4.11. The van der Waals surface area contributed by atoms with Crippen LogP contribution < -0.4 is 51.4 Å². The first-order valence-corrected chi connectivity index (χ1v) is 10.1. The first-order chi connectivity index (χ1) is 11.9. The fourth-order valence-electron chi connectivity index (χ4n) is 3.89. The van der Waals surface area contributed by atoms with Crippen molar-refractivity contribution in [2.45, 2.75) is 51.0 Å². The number of imidazole rings is 1.